The molecule has 10 heteroatoms. The Morgan fingerprint density at radius 2 is 2.06 bits per heavy atom. The van der Waals surface area contributed by atoms with Crippen LogP contribution in [0.2, 0.25) is 5.02 Å². The van der Waals surface area contributed by atoms with Gasteiger partial charge in [-0.1, -0.05) is 29.0 Å². The standard InChI is InChI=1S/C22H21ClN4O3S2/c1-15-18(23)7-8-19-20(15)25-22(31-19)27(11-4-10-26-12-9-24-14-26)21(28)16-5-3-6-17(13-16)32(2,29)30/h3,5-9,12-14H,4,10-11H2,1-2H3. The highest BCUT2D eigenvalue weighted by Gasteiger charge is 2.23. The number of imidazole rings is 1. The molecule has 0 N–H and O–H groups in total. The first-order chi connectivity index (χ1) is 15.2. The Morgan fingerprint density at radius 1 is 1.25 bits per heavy atom. The van der Waals surface area contributed by atoms with Gasteiger partial charge in [-0.25, -0.2) is 18.4 Å². The lowest BCUT2D eigenvalue weighted by molar-refractivity contribution is 0.0986. The van der Waals surface area contributed by atoms with Crippen molar-refractivity contribution < 1.29 is 13.2 Å². The number of amides is 1. The molecule has 0 unspecified atom stereocenters. The first-order valence-corrected chi connectivity index (χ1v) is 13.0. The van der Waals surface area contributed by atoms with Gasteiger partial charge in [-0.15, -0.1) is 0 Å². The fourth-order valence-electron chi connectivity index (χ4n) is 3.33. The quantitative estimate of drug-likeness (QED) is 0.379. The monoisotopic (exact) mass is 488 g/mol. The maximum Gasteiger partial charge on any atom is 0.260 e. The van der Waals surface area contributed by atoms with E-state index in [1.165, 1.54) is 23.5 Å². The summed E-state index contributed by atoms with van der Waals surface area (Å²) in [5, 5.41) is 1.17. The molecular formula is C22H21ClN4O3S2. The number of aryl methyl sites for hydroxylation is 2. The average Bonchev–Trinajstić information content (AvgIpc) is 3.43. The Morgan fingerprint density at radius 3 is 2.78 bits per heavy atom. The molecule has 0 radical (unpaired) electrons. The zero-order chi connectivity index (χ0) is 22.9. The summed E-state index contributed by atoms with van der Waals surface area (Å²) in [7, 11) is -3.44. The zero-order valence-corrected chi connectivity index (χ0v) is 19.9. The summed E-state index contributed by atoms with van der Waals surface area (Å²) < 4.78 is 26.8. The van der Waals surface area contributed by atoms with Crippen molar-refractivity contribution >= 4 is 54.0 Å². The van der Waals surface area contributed by atoms with E-state index in [1.54, 1.807) is 29.6 Å². The third-order valence-corrected chi connectivity index (χ3v) is 7.64. The van der Waals surface area contributed by atoms with Crippen molar-refractivity contribution in [2.75, 3.05) is 17.7 Å². The summed E-state index contributed by atoms with van der Waals surface area (Å²) in [5.74, 6) is -0.302. The van der Waals surface area contributed by atoms with E-state index in [0.29, 0.717) is 35.2 Å². The van der Waals surface area contributed by atoms with E-state index < -0.39 is 9.84 Å². The van der Waals surface area contributed by atoms with E-state index in [-0.39, 0.29) is 10.8 Å². The first-order valence-electron chi connectivity index (χ1n) is 9.87. The number of hydrogen-bond acceptors (Lipinski definition) is 6. The van der Waals surface area contributed by atoms with Gasteiger partial charge in [0.25, 0.3) is 5.91 Å². The number of rotatable bonds is 7. The van der Waals surface area contributed by atoms with Crippen LogP contribution in [0.1, 0.15) is 22.3 Å². The van der Waals surface area contributed by atoms with E-state index in [0.717, 1.165) is 22.0 Å². The third kappa shape index (κ3) is 4.69. The normalized spacial score (nSPS) is 11.7. The molecule has 1 amide bonds. The number of fused-ring (bicyclic) bond motifs is 1. The van der Waals surface area contributed by atoms with Gasteiger partial charge < -0.3 is 4.57 Å². The van der Waals surface area contributed by atoms with Crippen LogP contribution < -0.4 is 4.90 Å². The lowest BCUT2D eigenvalue weighted by Gasteiger charge is -2.20. The highest BCUT2D eigenvalue weighted by Crippen LogP contribution is 2.34. The molecule has 0 spiro atoms. The van der Waals surface area contributed by atoms with E-state index in [2.05, 4.69) is 4.98 Å². The van der Waals surface area contributed by atoms with E-state index >= 15 is 0 Å². The molecule has 0 saturated heterocycles. The summed E-state index contributed by atoms with van der Waals surface area (Å²) >= 11 is 7.66. The fraction of sp³-hybridized carbons (Fsp3) is 0.227. The van der Waals surface area contributed by atoms with Crippen molar-refractivity contribution in [3.8, 4) is 0 Å². The van der Waals surface area contributed by atoms with Crippen molar-refractivity contribution in [3.05, 3.63) is 71.3 Å². The second-order valence-electron chi connectivity index (χ2n) is 7.43. The summed E-state index contributed by atoms with van der Waals surface area (Å²) in [6.07, 6.45) is 7.10. The number of carbonyl (C=O) groups is 1. The predicted molar refractivity (Wildman–Crippen MR) is 127 cm³/mol. The van der Waals surface area contributed by atoms with E-state index in [1.807, 2.05) is 29.8 Å². The Hall–Kier alpha value is -2.75. The maximum absolute atomic E-state index is 13.5. The summed E-state index contributed by atoms with van der Waals surface area (Å²) in [5.41, 5.74) is 1.91. The number of anilines is 1. The van der Waals surface area contributed by atoms with Crippen molar-refractivity contribution in [2.45, 2.75) is 24.8 Å². The minimum Gasteiger partial charge on any atom is -0.337 e. The van der Waals surface area contributed by atoms with Gasteiger partial charge in [0.15, 0.2) is 15.0 Å². The molecule has 0 aliphatic rings. The largest absolute Gasteiger partial charge is 0.337 e. The van der Waals surface area contributed by atoms with Gasteiger partial charge in [0.1, 0.15) is 0 Å². The molecule has 2 aromatic carbocycles. The number of hydrogen-bond donors (Lipinski definition) is 0. The van der Waals surface area contributed by atoms with Crippen LogP contribution in [0.5, 0.6) is 0 Å². The number of halogens is 1. The minimum atomic E-state index is -3.44. The van der Waals surface area contributed by atoms with Crippen molar-refractivity contribution in [1.29, 1.82) is 0 Å². The summed E-state index contributed by atoms with van der Waals surface area (Å²) in [6, 6.07) is 9.81. The third-order valence-electron chi connectivity index (χ3n) is 5.08. The van der Waals surface area contributed by atoms with E-state index in [9.17, 15) is 13.2 Å². The molecule has 0 bridgehead atoms. The predicted octanol–water partition coefficient (Wildman–Crippen LogP) is 4.60. The van der Waals surface area contributed by atoms with Gasteiger partial charge in [-0.3, -0.25) is 9.69 Å². The van der Waals surface area contributed by atoms with Crippen LogP contribution in [-0.4, -0.2) is 41.7 Å². The molecule has 32 heavy (non-hydrogen) atoms. The number of thiazole rings is 1. The van der Waals surface area contributed by atoms with Crippen LogP contribution in [-0.2, 0) is 16.4 Å². The van der Waals surface area contributed by atoms with Crippen LogP contribution in [0.4, 0.5) is 5.13 Å². The molecule has 0 atom stereocenters. The Bertz CT molecular complexity index is 1380. The van der Waals surface area contributed by atoms with Gasteiger partial charge in [0, 0.05) is 42.3 Å². The number of aromatic nitrogens is 3. The van der Waals surface area contributed by atoms with Crippen LogP contribution >= 0.6 is 22.9 Å². The highest BCUT2D eigenvalue weighted by molar-refractivity contribution is 7.90. The maximum atomic E-state index is 13.5. The fourth-order valence-corrected chi connectivity index (χ4v) is 5.20. The van der Waals surface area contributed by atoms with Crippen LogP contribution in [0.25, 0.3) is 10.2 Å². The highest BCUT2D eigenvalue weighted by atomic mass is 35.5. The van der Waals surface area contributed by atoms with Gasteiger partial charge in [0.05, 0.1) is 21.4 Å². The Balaban J connectivity index is 1.70. The van der Waals surface area contributed by atoms with Gasteiger partial charge >= 0.3 is 0 Å². The molecule has 4 rings (SSSR count). The van der Waals surface area contributed by atoms with Crippen LogP contribution in [0.3, 0.4) is 0 Å². The Kier molecular flexibility index (Phi) is 6.32. The molecule has 0 aliphatic heterocycles. The molecule has 2 heterocycles. The van der Waals surface area contributed by atoms with Crippen LogP contribution in [0, 0.1) is 6.92 Å². The minimum absolute atomic E-state index is 0.105. The summed E-state index contributed by atoms with van der Waals surface area (Å²) in [6.45, 7) is 2.99. The molecule has 0 fully saturated rings. The van der Waals surface area contributed by atoms with Crippen molar-refractivity contribution in [1.82, 2.24) is 14.5 Å². The Labute approximate surface area is 195 Å². The molecule has 166 valence electrons. The molecule has 0 aliphatic carbocycles. The van der Waals surface area contributed by atoms with Gasteiger partial charge in [0.2, 0.25) is 0 Å². The van der Waals surface area contributed by atoms with Gasteiger partial charge in [-0.05, 0) is 49.2 Å². The van der Waals surface area contributed by atoms with Crippen molar-refractivity contribution in [2.24, 2.45) is 0 Å². The number of sulfone groups is 1. The second-order valence-corrected chi connectivity index (χ2v) is 10.9. The van der Waals surface area contributed by atoms with Crippen molar-refractivity contribution in [3.63, 3.8) is 0 Å². The molecule has 4 aromatic rings. The first kappa shape index (κ1) is 22.4. The summed E-state index contributed by atoms with van der Waals surface area (Å²) in [4.78, 5) is 24.0. The lowest BCUT2D eigenvalue weighted by Crippen LogP contribution is -2.32. The molecule has 2 aromatic heterocycles. The van der Waals surface area contributed by atoms with E-state index in [4.69, 9.17) is 16.6 Å². The number of carbonyl (C=O) groups excluding carboxylic acids is 1. The molecular weight excluding hydrogens is 468 g/mol. The van der Waals surface area contributed by atoms with Gasteiger partial charge in [-0.2, -0.15) is 0 Å². The average molecular weight is 489 g/mol. The topological polar surface area (TPSA) is 85.2 Å². The lowest BCUT2D eigenvalue weighted by atomic mass is 10.2. The molecule has 0 saturated carbocycles. The number of benzene rings is 2. The molecule has 7 nitrogen and oxygen atoms in total. The number of nitrogens with zero attached hydrogens (tertiary/aromatic N) is 4. The second kappa shape index (κ2) is 9.01. The smallest absolute Gasteiger partial charge is 0.260 e. The SMILES string of the molecule is Cc1c(Cl)ccc2sc(N(CCCn3ccnc3)C(=O)c3cccc(S(C)(=O)=O)c3)nc12. The van der Waals surface area contributed by atoms with Crippen LogP contribution in [0.15, 0.2) is 60.0 Å². The zero-order valence-electron chi connectivity index (χ0n) is 17.5.